The first kappa shape index (κ1) is 41.9. The van der Waals surface area contributed by atoms with Crippen molar-refractivity contribution in [3.05, 3.63) is 11.6 Å². The minimum absolute atomic E-state index is 0.0173. The quantitative estimate of drug-likeness (QED) is 0.127. The molecule has 6 rings (SSSR count). The third-order valence-corrected chi connectivity index (χ3v) is 16.2. The summed E-state index contributed by atoms with van der Waals surface area (Å²) in [5.41, 5.74) is -0.187. The van der Waals surface area contributed by atoms with Crippen molar-refractivity contribution in [1.29, 1.82) is 0 Å². The first-order valence-electron chi connectivity index (χ1n) is 20.3. The van der Waals surface area contributed by atoms with Crippen LogP contribution in [0.5, 0.6) is 0 Å². The van der Waals surface area contributed by atoms with E-state index in [9.17, 15) is 40.9 Å². The molecule has 0 radical (unpaired) electrons. The van der Waals surface area contributed by atoms with Gasteiger partial charge >= 0.3 is 0 Å². The maximum Gasteiger partial charge on any atom is 0.186 e. The van der Waals surface area contributed by atoms with Crippen molar-refractivity contribution in [2.45, 2.75) is 186 Å². The van der Waals surface area contributed by atoms with Gasteiger partial charge in [0.15, 0.2) is 12.6 Å². The van der Waals surface area contributed by atoms with Gasteiger partial charge in [-0.05, 0) is 124 Å². The zero-order valence-corrected chi connectivity index (χ0v) is 33.2. The van der Waals surface area contributed by atoms with Gasteiger partial charge in [0.05, 0.1) is 31.0 Å². The zero-order chi connectivity index (χ0) is 39.1. The molecular formula is C41H70O12. The van der Waals surface area contributed by atoms with Crippen LogP contribution in [0.25, 0.3) is 0 Å². The van der Waals surface area contributed by atoms with Crippen LogP contribution in [0.3, 0.4) is 0 Å². The molecule has 0 amide bonds. The first-order valence-corrected chi connectivity index (χ1v) is 20.3. The van der Waals surface area contributed by atoms with Gasteiger partial charge in [-0.25, -0.2) is 0 Å². The lowest BCUT2D eigenvalue weighted by atomic mass is 9.35. The second-order valence-corrected chi connectivity index (χ2v) is 19.7. The smallest absolute Gasteiger partial charge is 0.186 e. The maximum absolute atomic E-state index is 12.1. The van der Waals surface area contributed by atoms with Crippen LogP contribution < -0.4 is 0 Å². The van der Waals surface area contributed by atoms with Crippen LogP contribution in [0.2, 0.25) is 0 Å². The molecule has 0 spiro atoms. The number of hydrogen-bond acceptors (Lipinski definition) is 12. The van der Waals surface area contributed by atoms with E-state index in [2.05, 4.69) is 54.5 Å². The molecule has 6 fully saturated rings. The van der Waals surface area contributed by atoms with Crippen molar-refractivity contribution in [2.24, 2.45) is 45.3 Å². The highest BCUT2D eigenvalue weighted by atomic mass is 16.7. The summed E-state index contributed by atoms with van der Waals surface area (Å²) in [6.45, 7) is 17.3. The fourth-order valence-electron chi connectivity index (χ4n) is 13.0. The van der Waals surface area contributed by atoms with Crippen molar-refractivity contribution in [3.63, 3.8) is 0 Å². The van der Waals surface area contributed by atoms with Gasteiger partial charge in [-0.3, -0.25) is 0 Å². The van der Waals surface area contributed by atoms with Crippen molar-refractivity contribution < 1.29 is 59.8 Å². The molecule has 19 atom stereocenters. The summed E-state index contributed by atoms with van der Waals surface area (Å²) < 4.78 is 23.6. The minimum Gasteiger partial charge on any atom is -0.393 e. The van der Waals surface area contributed by atoms with Crippen LogP contribution >= 0.6 is 0 Å². The van der Waals surface area contributed by atoms with E-state index in [4.69, 9.17) is 18.9 Å². The van der Waals surface area contributed by atoms with E-state index in [-0.39, 0.29) is 64.6 Å². The van der Waals surface area contributed by atoms with E-state index in [0.29, 0.717) is 19.3 Å². The van der Waals surface area contributed by atoms with Gasteiger partial charge < -0.3 is 59.8 Å². The topological polar surface area (TPSA) is 199 Å². The summed E-state index contributed by atoms with van der Waals surface area (Å²) in [7, 11) is 0. The summed E-state index contributed by atoms with van der Waals surface area (Å²) in [6.07, 6.45) is -3.55. The van der Waals surface area contributed by atoms with Crippen molar-refractivity contribution >= 4 is 0 Å². The van der Waals surface area contributed by atoms with Crippen LogP contribution in [0.15, 0.2) is 11.6 Å². The summed E-state index contributed by atoms with van der Waals surface area (Å²) in [5, 5.41) is 86.7. The number of fused-ring (bicyclic) bond motifs is 5. The molecule has 4 saturated carbocycles. The number of allylic oxidation sites excluding steroid dienone is 2. The zero-order valence-electron chi connectivity index (χ0n) is 33.2. The highest BCUT2D eigenvalue weighted by molar-refractivity contribution is 5.20. The van der Waals surface area contributed by atoms with E-state index in [1.807, 2.05) is 6.92 Å². The Labute approximate surface area is 315 Å². The molecule has 12 nitrogen and oxygen atoms in total. The van der Waals surface area contributed by atoms with Gasteiger partial charge in [-0.15, -0.1) is 0 Å². The molecule has 2 heterocycles. The van der Waals surface area contributed by atoms with Crippen molar-refractivity contribution in [3.8, 4) is 0 Å². The van der Waals surface area contributed by atoms with Crippen LogP contribution in [0.4, 0.5) is 0 Å². The van der Waals surface area contributed by atoms with E-state index < -0.39 is 67.0 Å². The molecule has 0 aromatic rings. The Kier molecular flexibility index (Phi) is 11.8. The Morgan fingerprint density at radius 3 is 2.11 bits per heavy atom. The predicted octanol–water partition coefficient (Wildman–Crippen LogP) is 2.79. The highest BCUT2D eigenvalue weighted by Gasteiger charge is 2.71. The Morgan fingerprint density at radius 2 is 1.43 bits per heavy atom. The number of hydrogen-bond donors (Lipinski definition) is 8. The fourth-order valence-corrected chi connectivity index (χ4v) is 13.0. The second kappa shape index (κ2) is 14.9. The molecule has 0 unspecified atom stereocenters. The van der Waals surface area contributed by atoms with Crippen LogP contribution in [0, 0.1) is 45.3 Å². The predicted molar refractivity (Wildman–Crippen MR) is 195 cm³/mol. The van der Waals surface area contributed by atoms with E-state index >= 15 is 0 Å². The van der Waals surface area contributed by atoms with E-state index in [0.717, 1.165) is 38.5 Å². The first-order chi connectivity index (χ1) is 24.6. The van der Waals surface area contributed by atoms with Gasteiger partial charge in [-0.1, -0.05) is 46.3 Å². The van der Waals surface area contributed by atoms with Crippen molar-refractivity contribution in [2.75, 3.05) is 13.2 Å². The van der Waals surface area contributed by atoms with Gasteiger partial charge in [-0.2, -0.15) is 0 Å². The SMILES string of the molecule is CC(C)=CCC[C@](C)(O)[C@H]1CC[C@]2(C)[C@@H]1[C@H](O)C[C@@H]1[C@@]3(C)CC[C@H](O[C@@H]4O[C@H](CO[C@@H]5OC[C@@H](O)[C@H](O)[C@H]5O)[C@@H](O)[C@H](O)[C@H]4O)C(C)(C)[C@@H]3CC[C@]12C. The average molecular weight is 755 g/mol. The highest BCUT2D eigenvalue weighted by Crippen LogP contribution is 2.76. The normalized spacial score (nSPS) is 52.1. The monoisotopic (exact) mass is 754 g/mol. The third-order valence-electron chi connectivity index (χ3n) is 16.2. The molecule has 2 saturated heterocycles. The molecule has 0 bridgehead atoms. The Bertz CT molecular complexity index is 1320. The molecule has 306 valence electrons. The summed E-state index contributed by atoms with van der Waals surface area (Å²) in [4.78, 5) is 0. The van der Waals surface area contributed by atoms with E-state index in [1.165, 1.54) is 5.57 Å². The summed E-state index contributed by atoms with van der Waals surface area (Å²) in [6, 6.07) is 0. The number of rotatable bonds is 9. The lowest BCUT2D eigenvalue weighted by Gasteiger charge is -2.70. The van der Waals surface area contributed by atoms with Gasteiger partial charge in [0.25, 0.3) is 0 Å². The Balaban J connectivity index is 1.16. The molecular weight excluding hydrogens is 684 g/mol. The van der Waals surface area contributed by atoms with Crippen LogP contribution in [0.1, 0.15) is 113 Å². The number of aliphatic hydroxyl groups excluding tert-OH is 7. The standard InChI is InChI=1S/C41H70O12/c1-21(2)10-9-14-41(8,49)22-11-16-40(7)29(22)23(42)18-27-38(5)15-13-28(37(3,4)26(38)12-17-39(27,40)6)53-36-34(48)32(46)31(45)25(52-36)20-51-35-33(47)30(44)24(43)19-50-35/h10,22-36,42-49H,9,11-20H2,1-8H3/t22-,23+,24+,25+,26-,27+,28-,29-,30-,31+,32-,33+,34+,35-,36-,38-,39+,40+,41-/m0/s1. The van der Waals surface area contributed by atoms with Crippen molar-refractivity contribution in [1.82, 2.24) is 0 Å². The summed E-state index contributed by atoms with van der Waals surface area (Å²) in [5.74, 6) is 0.588. The molecule has 8 N–H and O–H groups in total. The maximum atomic E-state index is 12.1. The lowest BCUT2D eigenvalue weighted by Crippen LogP contribution is -2.67. The van der Waals surface area contributed by atoms with Crippen LogP contribution in [-0.2, 0) is 18.9 Å². The second-order valence-electron chi connectivity index (χ2n) is 19.7. The van der Waals surface area contributed by atoms with Gasteiger partial charge in [0.1, 0.15) is 42.7 Å². The van der Waals surface area contributed by atoms with Gasteiger partial charge in [0.2, 0.25) is 0 Å². The molecule has 12 heteroatoms. The third kappa shape index (κ3) is 7.00. The number of aliphatic hydroxyl groups is 8. The molecule has 53 heavy (non-hydrogen) atoms. The lowest BCUT2D eigenvalue weighted by molar-refractivity contribution is -0.341. The minimum atomic E-state index is -1.58. The fraction of sp³-hybridized carbons (Fsp3) is 0.951. The average Bonchev–Trinajstić information content (AvgIpc) is 3.47. The van der Waals surface area contributed by atoms with Gasteiger partial charge in [0, 0.05) is 0 Å². The molecule has 6 aliphatic rings. The molecule has 2 aliphatic heterocycles. The largest absolute Gasteiger partial charge is 0.393 e. The Morgan fingerprint density at radius 1 is 0.774 bits per heavy atom. The Hall–Kier alpha value is -0.740. The van der Waals surface area contributed by atoms with Crippen LogP contribution in [-0.4, -0.2) is 127 Å². The number of ether oxygens (including phenoxy) is 4. The molecule has 4 aliphatic carbocycles. The summed E-state index contributed by atoms with van der Waals surface area (Å²) >= 11 is 0. The molecule has 0 aromatic heterocycles. The van der Waals surface area contributed by atoms with E-state index in [1.54, 1.807) is 0 Å². The molecule has 0 aromatic carbocycles.